The van der Waals surface area contributed by atoms with Gasteiger partial charge in [-0.25, -0.2) is 0 Å². The van der Waals surface area contributed by atoms with Gasteiger partial charge in [0.25, 0.3) is 0 Å². The maximum Gasteiger partial charge on any atom is 0.230 e. The fraction of sp³-hybridized carbons (Fsp3) is 0.556. The van der Waals surface area contributed by atoms with Crippen LogP contribution in [0.3, 0.4) is 0 Å². The summed E-state index contributed by atoms with van der Waals surface area (Å²) in [4.78, 5) is 29.2. The zero-order chi connectivity index (χ0) is 16.4. The Hall–Kier alpha value is -1.88. The maximum absolute atomic E-state index is 12.9. The van der Waals surface area contributed by atoms with Gasteiger partial charge in [-0.1, -0.05) is 32.0 Å². The van der Waals surface area contributed by atoms with Crippen LogP contribution in [0.15, 0.2) is 24.3 Å². The third kappa shape index (κ3) is 3.55. The summed E-state index contributed by atoms with van der Waals surface area (Å²) < 4.78 is 0. The van der Waals surface area contributed by atoms with Crippen molar-refractivity contribution in [2.24, 2.45) is 5.92 Å². The van der Waals surface area contributed by atoms with Gasteiger partial charge < -0.3 is 10.2 Å². The van der Waals surface area contributed by atoms with Crippen LogP contribution in [0.2, 0.25) is 0 Å². The molecule has 1 aromatic carbocycles. The highest BCUT2D eigenvalue weighted by atomic mass is 16.2. The van der Waals surface area contributed by atoms with E-state index in [1.807, 2.05) is 29.2 Å². The van der Waals surface area contributed by atoms with Crippen molar-refractivity contribution in [3.8, 4) is 0 Å². The van der Waals surface area contributed by atoms with Crippen LogP contribution in [0.1, 0.15) is 31.7 Å². The predicted molar refractivity (Wildman–Crippen MR) is 90.3 cm³/mol. The molecule has 5 heteroatoms. The van der Waals surface area contributed by atoms with Crippen molar-refractivity contribution in [3.63, 3.8) is 0 Å². The molecule has 0 aliphatic carbocycles. The number of hydrogen-bond donors (Lipinski definition) is 1. The summed E-state index contributed by atoms with van der Waals surface area (Å²) in [5.41, 5.74) is 1.72. The number of carbonyl (C=O) groups is 2. The molecule has 23 heavy (non-hydrogen) atoms. The van der Waals surface area contributed by atoms with Crippen LogP contribution >= 0.6 is 0 Å². The maximum atomic E-state index is 12.9. The third-order valence-corrected chi connectivity index (χ3v) is 4.61. The normalized spacial score (nSPS) is 22.0. The first kappa shape index (κ1) is 16.0. The molecule has 1 aromatic rings. The predicted octanol–water partition coefficient (Wildman–Crippen LogP) is 1.91. The van der Waals surface area contributed by atoms with Crippen LogP contribution in [0.25, 0.3) is 0 Å². The number of amides is 2. The summed E-state index contributed by atoms with van der Waals surface area (Å²) in [5.74, 6) is 0.333. The lowest BCUT2D eigenvalue weighted by Gasteiger charge is -2.38. The number of anilines is 1. The fourth-order valence-corrected chi connectivity index (χ4v) is 3.52. The number of para-hydroxylation sites is 1. The SMILES string of the molecule is CC(C)CN1CCN(C(=O)[C@@H]2CC(=O)Nc3ccccc32)CC1. The Morgan fingerprint density at radius 3 is 2.61 bits per heavy atom. The third-order valence-electron chi connectivity index (χ3n) is 4.61. The van der Waals surface area contributed by atoms with Crippen molar-refractivity contribution in [2.45, 2.75) is 26.2 Å². The van der Waals surface area contributed by atoms with Gasteiger partial charge in [-0.05, 0) is 17.5 Å². The van der Waals surface area contributed by atoms with Gasteiger partial charge in [0.2, 0.25) is 11.8 Å². The number of nitrogens with zero attached hydrogens (tertiary/aromatic N) is 2. The van der Waals surface area contributed by atoms with Crippen LogP contribution in [0.5, 0.6) is 0 Å². The summed E-state index contributed by atoms with van der Waals surface area (Å²) in [7, 11) is 0. The molecule has 0 radical (unpaired) electrons. The topological polar surface area (TPSA) is 52.7 Å². The molecule has 1 atom stereocenters. The van der Waals surface area contributed by atoms with E-state index in [0.717, 1.165) is 44.0 Å². The second kappa shape index (κ2) is 6.71. The second-order valence-corrected chi connectivity index (χ2v) is 6.91. The number of hydrogen-bond acceptors (Lipinski definition) is 3. The van der Waals surface area contributed by atoms with E-state index in [1.54, 1.807) is 0 Å². The van der Waals surface area contributed by atoms with Crippen LogP contribution in [0, 0.1) is 5.92 Å². The first-order chi connectivity index (χ1) is 11.0. The van der Waals surface area contributed by atoms with Gasteiger partial charge in [-0.3, -0.25) is 14.5 Å². The molecular weight excluding hydrogens is 290 g/mol. The van der Waals surface area contributed by atoms with E-state index < -0.39 is 0 Å². The minimum atomic E-state index is -0.336. The molecule has 0 aromatic heterocycles. The summed E-state index contributed by atoms with van der Waals surface area (Å²) in [6.45, 7) is 8.87. The van der Waals surface area contributed by atoms with E-state index in [2.05, 4.69) is 24.1 Å². The number of fused-ring (bicyclic) bond motifs is 1. The monoisotopic (exact) mass is 315 g/mol. The number of carbonyl (C=O) groups excluding carboxylic acids is 2. The lowest BCUT2D eigenvalue weighted by atomic mass is 9.89. The molecular formula is C18H25N3O2. The summed E-state index contributed by atoms with van der Waals surface area (Å²) in [6.07, 6.45) is 0.252. The van der Waals surface area contributed by atoms with E-state index in [-0.39, 0.29) is 24.2 Å². The molecule has 2 heterocycles. The molecule has 3 rings (SSSR count). The van der Waals surface area contributed by atoms with Gasteiger partial charge in [-0.15, -0.1) is 0 Å². The molecule has 2 aliphatic rings. The minimum Gasteiger partial charge on any atom is -0.340 e. The molecule has 5 nitrogen and oxygen atoms in total. The Balaban J connectivity index is 1.68. The Labute approximate surface area is 137 Å². The molecule has 0 unspecified atom stereocenters. The highest BCUT2D eigenvalue weighted by molar-refractivity contribution is 6.01. The molecule has 1 N–H and O–H groups in total. The van der Waals surface area contributed by atoms with Gasteiger partial charge in [0, 0.05) is 44.8 Å². The molecule has 0 bridgehead atoms. The summed E-state index contributed by atoms with van der Waals surface area (Å²) in [5, 5.41) is 2.86. The zero-order valence-electron chi connectivity index (χ0n) is 13.9. The zero-order valence-corrected chi connectivity index (χ0v) is 13.9. The van der Waals surface area contributed by atoms with Gasteiger partial charge >= 0.3 is 0 Å². The fourth-order valence-electron chi connectivity index (χ4n) is 3.52. The number of rotatable bonds is 3. The Morgan fingerprint density at radius 1 is 1.22 bits per heavy atom. The molecule has 1 fully saturated rings. The van der Waals surface area contributed by atoms with Crippen molar-refractivity contribution in [1.29, 1.82) is 0 Å². The summed E-state index contributed by atoms with van der Waals surface area (Å²) in [6, 6.07) is 7.63. The Kier molecular flexibility index (Phi) is 4.66. The smallest absolute Gasteiger partial charge is 0.230 e. The standard InChI is InChI=1S/C18H25N3O2/c1-13(2)12-20-7-9-21(10-8-20)18(23)15-11-17(22)19-16-6-4-3-5-14(15)16/h3-6,13,15H,7-12H2,1-2H3,(H,19,22)/t15-/m1/s1. The van der Waals surface area contributed by atoms with Crippen LogP contribution < -0.4 is 5.32 Å². The van der Waals surface area contributed by atoms with Crippen molar-refractivity contribution < 1.29 is 9.59 Å². The van der Waals surface area contributed by atoms with Gasteiger partial charge in [0.15, 0.2) is 0 Å². The van der Waals surface area contributed by atoms with E-state index in [1.165, 1.54) is 0 Å². The summed E-state index contributed by atoms with van der Waals surface area (Å²) >= 11 is 0. The first-order valence-electron chi connectivity index (χ1n) is 8.44. The van der Waals surface area contributed by atoms with Crippen LogP contribution in [-0.4, -0.2) is 54.3 Å². The highest BCUT2D eigenvalue weighted by Crippen LogP contribution is 2.33. The van der Waals surface area contributed by atoms with E-state index in [4.69, 9.17) is 0 Å². The van der Waals surface area contributed by atoms with Gasteiger partial charge in [0.1, 0.15) is 0 Å². The molecule has 2 amide bonds. The average Bonchev–Trinajstić information content (AvgIpc) is 2.53. The molecule has 0 saturated carbocycles. The highest BCUT2D eigenvalue weighted by Gasteiger charge is 2.34. The van der Waals surface area contributed by atoms with E-state index in [9.17, 15) is 9.59 Å². The Bertz CT molecular complexity index is 592. The van der Waals surface area contributed by atoms with Gasteiger partial charge in [-0.2, -0.15) is 0 Å². The van der Waals surface area contributed by atoms with Crippen molar-refractivity contribution in [1.82, 2.24) is 9.80 Å². The van der Waals surface area contributed by atoms with E-state index >= 15 is 0 Å². The van der Waals surface area contributed by atoms with Crippen molar-refractivity contribution in [2.75, 3.05) is 38.0 Å². The van der Waals surface area contributed by atoms with Crippen LogP contribution in [0.4, 0.5) is 5.69 Å². The lowest BCUT2D eigenvalue weighted by Crippen LogP contribution is -2.51. The average molecular weight is 315 g/mol. The van der Waals surface area contributed by atoms with Crippen molar-refractivity contribution in [3.05, 3.63) is 29.8 Å². The molecule has 1 saturated heterocycles. The lowest BCUT2D eigenvalue weighted by molar-refractivity contribution is -0.136. The molecule has 2 aliphatic heterocycles. The minimum absolute atomic E-state index is 0.0690. The van der Waals surface area contributed by atoms with E-state index in [0.29, 0.717) is 5.92 Å². The van der Waals surface area contributed by atoms with Crippen molar-refractivity contribution >= 4 is 17.5 Å². The quantitative estimate of drug-likeness (QED) is 0.927. The number of benzene rings is 1. The van der Waals surface area contributed by atoms with Crippen LogP contribution in [-0.2, 0) is 9.59 Å². The first-order valence-corrected chi connectivity index (χ1v) is 8.44. The van der Waals surface area contributed by atoms with Gasteiger partial charge in [0.05, 0.1) is 5.92 Å². The second-order valence-electron chi connectivity index (χ2n) is 6.91. The molecule has 0 spiro atoms. The number of piperazine rings is 1. The Morgan fingerprint density at radius 2 is 1.91 bits per heavy atom. The number of nitrogens with one attached hydrogen (secondary N) is 1. The largest absolute Gasteiger partial charge is 0.340 e. The molecule has 124 valence electrons.